The van der Waals surface area contributed by atoms with Crippen molar-refractivity contribution in [2.24, 2.45) is 10.2 Å². The Balaban J connectivity index is 1.71. The highest BCUT2D eigenvalue weighted by atomic mass is 32.2. The van der Waals surface area contributed by atoms with Crippen LogP contribution in [0.5, 0.6) is 11.5 Å². The largest absolute Gasteiger partial charge is 0.508 e. The lowest BCUT2D eigenvalue weighted by molar-refractivity contribution is 0.445. The van der Waals surface area contributed by atoms with Crippen molar-refractivity contribution in [1.29, 1.82) is 0 Å². The second-order valence-corrected chi connectivity index (χ2v) is 8.83. The maximum absolute atomic E-state index is 12.4. The van der Waals surface area contributed by atoms with Crippen molar-refractivity contribution in [3.05, 3.63) is 60.4 Å². The Morgan fingerprint density at radius 1 is 0.938 bits per heavy atom. The second-order valence-electron chi connectivity index (χ2n) is 7.15. The Kier molecular flexibility index (Phi) is 7.72. The number of unbranched alkanes of at least 4 members (excludes halogenated alkanes) is 3. The van der Waals surface area contributed by atoms with Crippen molar-refractivity contribution in [2.75, 3.05) is 4.72 Å². The molecule has 3 aromatic rings. The van der Waals surface area contributed by atoms with Gasteiger partial charge in [0, 0.05) is 18.5 Å². The fourth-order valence-corrected chi connectivity index (χ4v) is 3.92. The first-order chi connectivity index (χ1) is 15.4. The molecule has 0 bridgehead atoms. The van der Waals surface area contributed by atoms with Gasteiger partial charge in [0.2, 0.25) is 5.95 Å². The number of phenols is 2. The molecular weight excluding hydrogens is 430 g/mol. The van der Waals surface area contributed by atoms with E-state index in [1.54, 1.807) is 12.1 Å². The first kappa shape index (κ1) is 23.1. The predicted octanol–water partition coefficient (Wildman–Crippen LogP) is 5.23. The minimum Gasteiger partial charge on any atom is -0.508 e. The maximum atomic E-state index is 12.4. The average molecular weight is 456 g/mol. The van der Waals surface area contributed by atoms with E-state index in [4.69, 9.17) is 0 Å². The zero-order chi connectivity index (χ0) is 23.0. The minimum absolute atomic E-state index is 0.0192. The van der Waals surface area contributed by atoms with Crippen molar-refractivity contribution in [3.8, 4) is 11.5 Å². The third kappa shape index (κ3) is 6.24. The lowest BCUT2D eigenvalue weighted by Gasteiger charge is -2.07. The molecule has 0 amide bonds. The van der Waals surface area contributed by atoms with E-state index in [0.29, 0.717) is 17.7 Å². The number of nitrogens with zero attached hydrogens (tertiary/aromatic N) is 4. The molecule has 0 aliphatic carbocycles. The number of sulfonamides is 1. The predicted molar refractivity (Wildman–Crippen MR) is 121 cm³/mol. The van der Waals surface area contributed by atoms with Gasteiger partial charge in [-0.25, -0.2) is 23.1 Å². The van der Waals surface area contributed by atoms with Gasteiger partial charge in [-0.15, -0.1) is 5.11 Å². The van der Waals surface area contributed by atoms with Crippen LogP contribution in [-0.4, -0.2) is 28.6 Å². The summed E-state index contributed by atoms with van der Waals surface area (Å²) in [6.45, 7) is 2.13. The number of aromatic nitrogens is 2. The number of aryl methyl sites for hydroxylation is 1. The average Bonchev–Trinajstić information content (AvgIpc) is 2.78. The van der Waals surface area contributed by atoms with E-state index < -0.39 is 10.0 Å². The molecule has 2 aromatic carbocycles. The fourth-order valence-electron chi connectivity index (χ4n) is 2.97. The summed E-state index contributed by atoms with van der Waals surface area (Å²) in [7, 11) is -3.84. The van der Waals surface area contributed by atoms with Crippen LogP contribution in [0, 0.1) is 0 Å². The molecule has 0 aliphatic heterocycles. The van der Waals surface area contributed by atoms with Gasteiger partial charge < -0.3 is 10.2 Å². The van der Waals surface area contributed by atoms with E-state index in [2.05, 4.69) is 31.8 Å². The van der Waals surface area contributed by atoms with Crippen molar-refractivity contribution >= 4 is 27.3 Å². The molecule has 0 saturated carbocycles. The zero-order valence-corrected chi connectivity index (χ0v) is 18.5. The van der Waals surface area contributed by atoms with Crippen molar-refractivity contribution < 1.29 is 18.6 Å². The number of phenolic OH excluding ortho intramolecular Hbond substituents is 2. The van der Waals surface area contributed by atoms with E-state index in [0.717, 1.165) is 25.7 Å². The van der Waals surface area contributed by atoms with Crippen molar-refractivity contribution in [1.82, 2.24) is 9.97 Å². The monoisotopic (exact) mass is 455 g/mol. The summed E-state index contributed by atoms with van der Waals surface area (Å²) < 4.78 is 27.2. The van der Waals surface area contributed by atoms with E-state index in [9.17, 15) is 18.6 Å². The van der Waals surface area contributed by atoms with Gasteiger partial charge in [-0.3, -0.25) is 0 Å². The van der Waals surface area contributed by atoms with E-state index in [1.165, 1.54) is 42.7 Å². The van der Waals surface area contributed by atoms with E-state index in [1.807, 2.05) is 0 Å². The molecule has 10 heteroatoms. The number of azo groups is 1. The molecule has 1 heterocycles. The Bertz CT molecular complexity index is 1170. The number of rotatable bonds is 10. The van der Waals surface area contributed by atoms with Crippen LogP contribution >= 0.6 is 0 Å². The SMILES string of the molecule is CCCCCCc1cc(N=Nc2ccc(S(=O)(=O)Nc3ncccn3)cc2)c(O)cc1O. The van der Waals surface area contributed by atoms with Crippen LogP contribution < -0.4 is 4.72 Å². The normalized spacial score (nSPS) is 11.7. The molecule has 0 fully saturated rings. The number of nitrogens with one attached hydrogen (secondary N) is 1. The highest BCUT2D eigenvalue weighted by molar-refractivity contribution is 7.92. The Labute approximate surface area is 187 Å². The van der Waals surface area contributed by atoms with Gasteiger partial charge in [-0.05, 0) is 54.8 Å². The number of anilines is 1. The smallest absolute Gasteiger partial charge is 0.264 e. The molecule has 3 N–H and O–H groups in total. The summed E-state index contributed by atoms with van der Waals surface area (Å²) >= 11 is 0. The van der Waals surface area contributed by atoms with Crippen LogP contribution in [0.2, 0.25) is 0 Å². The van der Waals surface area contributed by atoms with Gasteiger partial charge in [0.25, 0.3) is 10.0 Å². The minimum atomic E-state index is -3.84. The van der Waals surface area contributed by atoms with Gasteiger partial charge in [0.05, 0.1) is 10.6 Å². The first-order valence-corrected chi connectivity index (χ1v) is 11.7. The summed E-state index contributed by atoms with van der Waals surface area (Å²) in [5, 5.41) is 28.3. The van der Waals surface area contributed by atoms with Crippen molar-refractivity contribution in [2.45, 2.75) is 43.9 Å². The van der Waals surface area contributed by atoms with Gasteiger partial charge in [-0.2, -0.15) is 5.11 Å². The van der Waals surface area contributed by atoms with Gasteiger partial charge in [-0.1, -0.05) is 26.2 Å². The molecule has 0 unspecified atom stereocenters. The number of benzene rings is 2. The lowest BCUT2D eigenvalue weighted by atomic mass is 10.0. The van der Waals surface area contributed by atoms with Gasteiger partial charge in [0.15, 0.2) is 0 Å². The molecule has 3 rings (SSSR count). The summed E-state index contributed by atoms with van der Waals surface area (Å²) in [5.74, 6) is -0.179. The fraction of sp³-hybridized carbons (Fsp3) is 0.273. The first-order valence-electron chi connectivity index (χ1n) is 10.3. The quantitative estimate of drug-likeness (QED) is 0.283. The van der Waals surface area contributed by atoms with Crippen LogP contribution in [0.15, 0.2) is 70.0 Å². The number of aromatic hydroxyl groups is 2. The second kappa shape index (κ2) is 10.7. The topological polar surface area (TPSA) is 137 Å². The summed E-state index contributed by atoms with van der Waals surface area (Å²) in [6, 6.07) is 10.2. The lowest BCUT2D eigenvalue weighted by Crippen LogP contribution is -2.14. The molecule has 0 aliphatic rings. The molecule has 0 atom stereocenters. The number of hydrogen-bond acceptors (Lipinski definition) is 8. The molecule has 0 spiro atoms. The maximum Gasteiger partial charge on any atom is 0.264 e. The molecule has 0 saturated heterocycles. The third-order valence-electron chi connectivity index (χ3n) is 4.69. The summed E-state index contributed by atoms with van der Waals surface area (Å²) in [4.78, 5) is 7.70. The van der Waals surface area contributed by atoms with Crippen molar-refractivity contribution in [3.63, 3.8) is 0 Å². The molecule has 0 radical (unpaired) electrons. The molecule has 32 heavy (non-hydrogen) atoms. The van der Waals surface area contributed by atoms with Crippen LogP contribution in [0.25, 0.3) is 0 Å². The van der Waals surface area contributed by atoms with Crippen LogP contribution in [0.1, 0.15) is 38.2 Å². The zero-order valence-electron chi connectivity index (χ0n) is 17.6. The Morgan fingerprint density at radius 2 is 1.66 bits per heavy atom. The molecule has 168 valence electrons. The standard InChI is InChI=1S/C22H25N5O4S/c1-2-3-4-5-7-16-14-19(21(29)15-20(16)28)26-25-17-8-10-18(11-9-17)32(30,31)27-22-23-12-6-13-24-22/h6,8-15,28-29H,2-5,7H2,1H3,(H,23,24,27). The van der Waals surface area contributed by atoms with Gasteiger partial charge >= 0.3 is 0 Å². The molecular formula is C22H25N5O4S. The Hall–Kier alpha value is -3.53. The third-order valence-corrected chi connectivity index (χ3v) is 6.03. The summed E-state index contributed by atoms with van der Waals surface area (Å²) in [5.41, 5.74) is 1.33. The molecule has 1 aromatic heterocycles. The van der Waals surface area contributed by atoms with E-state index >= 15 is 0 Å². The highest BCUT2D eigenvalue weighted by Gasteiger charge is 2.15. The molecule has 9 nitrogen and oxygen atoms in total. The highest BCUT2D eigenvalue weighted by Crippen LogP contribution is 2.35. The summed E-state index contributed by atoms with van der Waals surface area (Å²) in [6.07, 6.45) is 7.80. The number of hydrogen-bond donors (Lipinski definition) is 3. The van der Waals surface area contributed by atoms with E-state index in [-0.39, 0.29) is 28.0 Å². The Morgan fingerprint density at radius 3 is 2.34 bits per heavy atom. The van der Waals surface area contributed by atoms with Gasteiger partial charge in [0.1, 0.15) is 17.2 Å². The van der Waals surface area contributed by atoms with Crippen LogP contribution in [-0.2, 0) is 16.4 Å². The van der Waals surface area contributed by atoms with Crippen LogP contribution in [0.4, 0.5) is 17.3 Å². The van der Waals surface area contributed by atoms with Crippen LogP contribution in [0.3, 0.4) is 0 Å².